The van der Waals surface area contributed by atoms with Gasteiger partial charge in [-0.3, -0.25) is 4.79 Å². The third kappa shape index (κ3) is 2.83. The Balaban J connectivity index is 0.00000162. The van der Waals surface area contributed by atoms with Crippen molar-refractivity contribution in [2.24, 2.45) is 23.0 Å². The van der Waals surface area contributed by atoms with E-state index in [0.717, 1.165) is 25.9 Å². The first-order valence-electron chi connectivity index (χ1n) is 7.08. The fourth-order valence-electron chi connectivity index (χ4n) is 3.41. The van der Waals surface area contributed by atoms with Crippen LogP contribution >= 0.6 is 12.4 Å². The SMILES string of the molecule is CC(C)C1CCN(C(=O)C2(CN)CCCC2)C1.Cl. The zero-order chi connectivity index (χ0) is 12.5. The molecule has 2 aliphatic rings. The lowest BCUT2D eigenvalue weighted by Gasteiger charge is -2.31. The summed E-state index contributed by atoms with van der Waals surface area (Å²) in [4.78, 5) is 14.7. The smallest absolute Gasteiger partial charge is 0.230 e. The second-order valence-electron chi connectivity index (χ2n) is 6.24. The second kappa shape index (κ2) is 6.25. The minimum Gasteiger partial charge on any atom is -0.342 e. The van der Waals surface area contributed by atoms with Crippen molar-refractivity contribution < 1.29 is 4.79 Å². The van der Waals surface area contributed by atoms with E-state index < -0.39 is 0 Å². The Labute approximate surface area is 117 Å². The topological polar surface area (TPSA) is 46.3 Å². The maximum absolute atomic E-state index is 12.6. The van der Waals surface area contributed by atoms with Crippen LogP contribution in [0.5, 0.6) is 0 Å². The normalized spacial score (nSPS) is 26.4. The lowest BCUT2D eigenvalue weighted by atomic mass is 9.84. The van der Waals surface area contributed by atoms with Crippen LogP contribution in [0.1, 0.15) is 46.0 Å². The highest BCUT2D eigenvalue weighted by Crippen LogP contribution is 2.40. The summed E-state index contributed by atoms with van der Waals surface area (Å²) in [6, 6.07) is 0. The maximum atomic E-state index is 12.6. The average Bonchev–Trinajstić information content (AvgIpc) is 2.98. The van der Waals surface area contributed by atoms with E-state index in [0.29, 0.717) is 24.3 Å². The van der Waals surface area contributed by atoms with Crippen LogP contribution in [0.25, 0.3) is 0 Å². The molecule has 0 aromatic rings. The molecular formula is C14H27ClN2O. The Morgan fingerprint density at radius 2 is 2.00 bits per heavy atom. The Bertz CT molecular complexity index is 288. The molecule has 0 aromatic heterocycles. The standard InChI is InChI=1S/C14H26N2O.ClH/c1-11(2)12-5-8-16(9-12)13(17)14(10-15)6-3-4-7-14;/h11-12H,3-10,15H2,1-2H3;1H. The molecule has 1 heterocycles. The lowest BCUT2D eigenvalue weighted by molar-refractivity contribution is -0.140. The first-order valence-corrected chi connectivity index (χ1v) is 7.08. The molecular weight excluding hydrogens is 248 g/mol. The number of carbonyl (C=O) groups is 1. The Hall–Kier alpha value is -0.280. The molecule has 2 rings (SSSR count). The Morgan fingerprint density at radius 3 is 2.44 bits per heavy atom. The molecule has 18 heavy (non-hydrogen) atoms. The van der Waals surface area contributed by atoms with Gasteiger partial charge in [0, 0.05) is 19.6 Å². The van der Waals surface area contributed by atoms with Gasteiger partial charge in [0.05, 0.1) is 5.41 Å². The Morgan fingerprint density at radius 1 is 1.39 bits per heavy atom. The highest BCUT2D eigenvalue weighted by molar-refractivity contribution is 5.85. The van der Waals surface area contributed by atoms with E-state index in [1.807, 2.05) is 0 Å². The maximum Gasteiger partial charge on any atom is 0.230 e. The molecule has 3 nitrogen and oxygen atoms in total. The zero-order valence-corrected chi connectivity index (χ0v) is 12.5. The van der Waals surface area contributed by atoms with E-state index in [1.54, 1.807) is 0 Å². The van der Waals surface area contributed by atoms with E-state index in [2.05, 4.69) is 18.7 Å². The van der Waals surface area contributed by atoms with E-state index in [9.17, 15) is 4.79 Å². The van der Waals surface area contributed by atoms with Crippen LogP contribution in [0.15, 0.2) is 0 Å². The summed E-state index contributed by atoms with van der Waals surface area (Å²) in [6.45, 7) is 6.95. The van der Waals surface area contributed by atoms with Gasteiger partial charge in [-0.1, -0.05) is 26.7 Å². The third-order valence-electron chi connectivity index (χ3n) is 4.86. The molecule has 1 amide bonds. The van der Waals surface area contributed by atoms with Gasteiger partial charge < -0.3 is 10.6 Å². The van der Waals surface area contributed by atoms with Crippen molar-refractivity contribution in [1.29, 1.82) is 0 Å². The van der Waals surface area contributed by atoms with Gasteiger partial charge in [-0.05, 0) is 31.1 Å². The average molecular weight is 275 g/mol. The van der Waals surface area contributed by atoms with E-state index in [4.69, 9.17) is 5.73 Å². The molecule has 2 N–H and O–H groups in total. The van der Waals surface area contributed by atoms with Gasteiger partial charge in [-0.15, -0.1) is 12.4 Å². The monoisotopic (exact) mass is 274 g/mol. The minimum absolute atomic E-state index is 0. The largest absolute Gasteiger partial charge is 0.342 e. The number of nitrogens with zero attached hydrogens (tertiary/aromatic N) is 1. The van der Waals surface area contributed by atoms with Gasteiger partial charge in [-0.2, -0.15) is 0 Å². The summed E-state index contributed by atoms with van der Waals surface area (Å²) in [5, 5.41) is 0. The van der Waals surface area contributed by atoms with Crippen LogP contribution in [-0.2, 0) is 4.79 Å². The van der Waals surface area contributed by atoms with Gasteiger partial charge >= 0.3 is 0 Å². The molecule has 2 fully saturated rings. The summed E-state index contributed by atoms with van der Waals surface area (Å²) >= 11 is 0. The van der Waals surface area contributed by atoms with Crippen molar-refractivity contribution in [3.05, 3.63) is 0 Å². The summed E-state index contributed by atoms with van der Waals surface area (Å²) in [7, 11) is 0. The van der Waals surface area contributed by atoms with E-state index in [1.165, 1.54) is 19.3 Å². The Kier molecular flexibility index (Phi) is 5.47. The van der Waals surface area contributed by atoms with Gasteiger partial charge in [-0.25, -0.2) is 0 Å². The third-order valence-corrected chi connectivity index (χ3v) is 4.86. The van der Waals surface area contributed by atoms with Crippen LogP contribution in [0.3, 0.4) is 0 Å². The van der Waals surface area contributed by atoms with Gasteiger partial charge in [0.1, 0.15) is 0 Å². The number of nitrogens with two attached hydrogens (primary N) is 1. The van der Waals surface area contributed by atoms with Crippen LogP contribution in [0, 0.1) is 17.3 Å². The fraction of sp³-hybridized carbons (Fsp3) is 0.929. The molecule has 1 unspecified atom stereocenters. The number of halogens is 1. The van der Waals surface area contributed by atoms with Gasteiger partial charge in [0.2, 0.25) is 5.91 Å². The van der Waals surface area contributed by atoms with Crippen LogP contribution in [0.4, 0.5) is 0 Å². The molecule has 4 heteroatoms. The first kappa shape index (κ1) is 15.8. The van der Waals surface area contributed by atoms with Crippen molar-refractivity contribution >= 4 is 18.3 Å². The predicted octanol–water partition coefficient (Wildman–Crippen LogP) is 2.43. The quantitative estimate of drug-likeness (QED) is 0.859. The molecule has 1 saturated heterocycles. The van der Waals surface area contributed by atoms with Crippen LogP contribution in [-0.4, -0.2) is 30.4 Å². The molecule has 106 valence electrons. The fourth-order valence-corrected chi connectivity index (χ4v) is 3.41. The number of hydrogen-bond acceptors (Lipinski definition) is 2. The van der Waals surface area contributed by atoms with E-state index in [-0.39, 0.29) is 17.8 Å². The summed E-state index contributed by atoms with van der Waals surface area (Å²) in [6.07, 6.45) is 5.52. The summed E-state index contributed by atoms with van der Waals surface area (Å²) in [5.74, 6) is 1.72. The second-order valence-corrected chi connectivity index (χ2v) is 6.24. The first-order chi connectivity index (χ1) is 8.09. The van der Waals surface area contributed by atoms with Crippen molar-refractivity contribution in [1.82, 2.24) is 4.90 Å². The zero-order valence-electron chi connectivity index (χ0n) is 11.7. The van der Waals surface area contributed by atoms with Crippen LogP contribution in [0.2, 0.25) is 0 Å². The highest BCUT2D eigenvalue weighted by Gasteiger charge is 2.44. The number of hydrogen-bond donors (Lipinski definition) is 1. The number of carbonyl (C=O) groups excluding carboxylic acids is 1. The molecule has 0 bridgehead atoms. The molecule has 0 aromatic carbocycles. The number of likely N-dealkylation sites (tertiary alicyclic amines) is 1. The van der Waals surface area contributed by atoms with Gasteiger partial charge in [0.25, 0.3) is 0 Å². The molecule has 1 aliphatic heterocycles. The van der Waals surface area contributed by atoms with Crippen LogP contribution < -0.4 is 5.73 Å². The minimum atomic E-state index is -0.203. The number of rotatable bonds is 3. The van der Waals surface area contributed by atoms with Crippen molar-refractivity contribution in [2.75, 3.05) is 19.6 Å². The summed E-state index contributed by atoms with van der Waals surface area (Å²) in [5.41, 5.74) is 5.68. The molecule has 0 spiro atoms. The predicted molar refractivity (Wildman–Crippen MR) is 76.7 cm³/mol. The number of amides is 1. The van der Waals surface area contributed by atoms with E-state index >= 15 is 0 Å². The van der Waals surface area contributed by atoms with Gasteiger partial charge in [0.15, 0.2) is 0 Å². The highest BCUT2D eigenvalue weighted by atomic mass is 35.5. The molecule has 1 saturated carbocycles. The lowest BCUT2D eigenvalue weighted by Crippen LogP contribution is -2.45. The van der Waals surface area contributed by atoms with Crippen molar-refractivity contribution in [3.63, 3.8) is 0 Å². The van der Waals surface area contributed by atoms with Crippen molar-refractivity contribution in [2.45, 2.75) is 46.0 Å². The van der Waals surface area contributed by atoms with Crippen molar-refractivity contribution in [3.8, 4) is 0 Å². The molecule has 0 radical (unpaired) electrons. The summed E-state index contributed by atoms with van der Waals surface area (Å²) < 4.78 is 0. The molecule has 1 aliphatic carbocycles. The molecule has 1 atom stereocenters.